The zero-order chi connectivity index (χ0) is 23.7. The van der Waals surface area contributed by atoms with Gasteiger partial charge in [0.25, 0.3) is 5.91 Å². The van der Waals surface area contributed by atoms with Gasteiger partial charge in [-0.1, -0.05) is 30.3 Å². The van der Waals surface area contributed by atoms with E-state index in [0.717, 1.165) is 24.3 Å². The first-order valence-corrected chi connectivity index (χ1v) is 9.13. The molecule has 0 bridgehead atoms. The fourth-order valence-electron chi connectivity index (χ4n) is 3.40. The van der Waals surface area contributed by atoms with Crippen LogP contribution in [-0.2, 0) is 5.41 Å². The number of halogens is 6. The van der Waals surface area contributed by atoms with Gasteiger partial charge in [-0.2, -0.15) is 26.3 Å². The van der Waals surface area contributed by atoms with Gasteiger partial charge in [-0.05, 0) is 53.6 Å². The van der Waals surface area contributed by atoms with Gasteiger partial charge in [-0.25, -0.2) is 0 Å². The van der Waals surface area contributed by atoms with Gasteiger partial charge in [0, 0.05) is 22.6 Å². The summed E-state index contributed by atoms with van der Waals surface area (Å²) in [4.78, 5) is 12.3. The van der Waals surface area contributed by atoms with E-state index >= 15 is 0 Å². The molecule has 1 amide bonds. The summed E-state index contributed by atoms with van der Waals surface area (Å²) in [6, 6.07) is 12.6. The molecule has 0 saturated carbocycles. The number of rotatable bonds is 4. The number of nitrogen functional groups attached to an aromatic ring is 2. The zero-order valence-corrected chi connectivity index (χ0v) is 16.3. The van der Waals surface area contributed by atoms with Crippen LogP contribution < -0.4 is 16.8 Å². The molecule has 0 aliphatic rings. The van der Waals surface area contributed by atoms with E-state index in [4.69, 9.17) is 11.5 Å². The summed E-state index contributed by atoms with van der Waals surface area (Å²) in [5, 5.41) is 2.42. The van der Waals surface area contributed by atoms with E-state index in [0.29, 0.717) is 30.0 Å². The number of carbonyl (C=O) groups is 1. The largest absolute Gasteiger partial charge is 0.411 e. The number of hydrogen-bond donors (Lipinski definition) is 3. The highest BCUT2D eigenvalue weighted by molar-refractivity contribution is 6.04. The number of nitrogens with one attached hydrogen (secondary N) is 1. The van der Waals surface area contributed by atoms with Gasteiger partial charge in [0.15, 0.2) is 0 Å². The van der Waals surface area contributed by atoms with Crippen molar-refractivity contribution in [2.75, 3.05) is 16.8 Å². The number of carbonyl (C=O) groups excluding carboxylic acids is 1. The third-order valence-corrected chi connectivity index (χ3v) is 4.92. The average molecular weight is 453 g/mol. The Kier molecular flexibility index (Phi) is 5.82. The molecule has 0 heterocycles. The lowest BCUT2D eigenvalue weighted by atomic mass is 9.73. The molecule has 5 N–H and O–H groups in total. The van der Waals surface area contributed by atoms with Crippen molar-refractivity contribution >= 4 is 23.0 Å². The molecule has 3 aromatic rings. The molecule has 0 aromatic heterocycles. The summed E-state index contributed by atoms with van der Waals surface area (Å²) >= 11 is 0. The molecule has 3 rings (SSSR count). The van der Waals surface area contributed by atoms with Crippen LogP contribution in [0.5, 0.6) is 0 Å². The second-order valence-corrected chi connectivity index (χ2v) is 7.02. The minimum absolute atomic E-state index is 0.0109. The van der Waals surface area contributed by atoms with Gasteiger partial charge < -0.3 is 16.8 Å². The number of amides is 1. The molecule has 0 aliphatic heterocycles. The summed E-state index contributed by atoms with van der Waals surface area (Å²) in [7, 11) is 0. The first-order valence-electron chi connectivity index (χ1n) is 9.13. The lowest BCUT2D eigenvalue weighted by molar-refractivity contribution is -0.288. The summed E-state index contributed by atoms with van der Waals surface area (Å²) in [6.45, 7) is 0. The smallest absolute Gasteiger partial charge is 0.399 e. The van der Waals surface area contributed by atoms with E-state index in [2.05, 4.69) is 5.32 Å². The summed E-state index contributed by atoms with van der Waals surface area (Å²) in [5.74, 6) is -0.624. The normalized spacial score (nSPS) is 12.4. The van der Waals surface area contributed by atoms with Crippen molar-refractivity contribution in [3.8, 4) is 0 Å². The lowest BCUT2D eigenvalue weighted by Crippen LogP contribution is -2.54. The lowest BCUT2D eigenvalue weighted by Gasteiger charge is -2.38. The molecule has 0 saturated heterocycles. The molecule has 10 heteroatoms. The van der Waals surface area contributed by atoms with Gasteiger partial charge in [-0.3, -0.25) is 4.79 Å². The van der Waals surface area contributed by atoms with Gasteiger partial charge >= 0.3 is 12.4 Å². The fraction of sp³-hybridized carbons (Fsp3) is 0.136. The van der Waals surface area contributed by atoms with E-state index in [-0.39, 0.29) is 16.9 Å². The van der Waals surface area contributed by atoms with Gasteiger partial charge in [0.2, 0.25) is 5.41 Å². The summed E-state index contributed by atoms with van der Waals surface area (Å²) < 4.78 is 84.5. The first-order chi connectivity index (χ1) is 14.9. The predicted octanol–water partition coefficient (Wildman–Crippen LogP) is 5.51. The highest BCUT2D eigenvalue weighted by atomic mass is 19.4. The Labute approximate surface area is 178 Å². The molecule has 0 radical (unpaired) electrons. The second kappa shape index (κ2) is 8.10. The van der Waals surface area contributed by atoms with Crippen LogP contribution >= 0.6 is 0 Å². The third-order valence-electron chi connectivity index (χ3n) is 4.92. The van der Waals surface area contributed by atoms with Crippen LogP contribution in [0.3, 0.4) is 0 Å². The molecule has 0 spiro atoms. The van der Waals surface area contributed by atoms with Crippen LogP contribution in [-0.4, -0.2) is 18.3 Å². The van der Waals surface area contributed by atoms with Gasteiger partial charge in [-0.15, -0.1) is 0 Å². The fourth-order valence-corrected chi connectivity index (χ4v) is 3.40. The quantitative estimate of drug-likeness (QED) is 0.360. The number of nitrogens with two attached hydrogens (primary N) is 2. The Morgan fingerprint density at radius 1 is 0.688 bits per heavy atom. The number of anilines is 3. The molecule has 0 unspecified atom stereocenters. The zero-order valence-electron chi connectivity index (χ0n) is 16.3. The number of hydrogen-bond acceptors (Lipinski definition) is 3. The minimum atomic E-state index is -5.71. The summed E-state index contributed by atoms with van der Waals surface area (Å²) in [6.07, 6.45) is -11.4. The van der Waals surface area contributed by atoms with Crippen molar-refractivity contribution in [1.29, 1.82) is 0 Å². The standard InChI is InChI=1S/C22H17F6N3O/c23-21(24,25)20(22(26,27)28,14-4-8-16(29)9-5-14)15-6-10-18(11-7-15)31-19(32)13-2-1-3-17(30)12-13/h1-12H,29-30H2,(H,31,32). The van der Waals surface area contributed by atoms with Gasteiger partial charge in [0.05, 0.1) is 0 Å². The molecule has 4 nitrogen and oxygen atoms in total. The van der Waals surface area contributed by atoms with Crippen molar-refractivity contribution in [3.05, 3.63) is 89.5 Å². The van der Waals surface area contributed by atoms with Crippen LogP contribution in [0, 0.1) is 0 Å². The topological polar surface area (TPSA) is 81.1 Å². The van der Waals surface area contributed by atoms with Crippen molar-refractivity contribution in [2.24, 2.45) is 0 Å². The van der Waals surface area contributed by atoms with E-state index in [1.165, 1.54) is 18.2 Å². The maximum atomic E-state index is 14.1. The van der Waals surface area contributed by atoms with Crippen molar-refractivity contribution in [1.82, 2.24) is 0 Å². The van der Waals surface area contributed by atoms with Crippen molar-refractivity contribution in [3.63, 3.8) is 0 Å². The van der Waals surface area contributed by atoms with Crippen LogP contribution in [0.25, 0.3) is 0 Å². The monoisotopic (exact) mass is 453 g/mol. The Morgan fingerprint density at radius 2 is 1.19 bits per heavy atom. The highest BCUT2D eigenvalue weighted by Crippen LogP contribution is 2.56. The van der Waals surface area contributed by atoms with E-state index in [1.807, 2.05) is 0 Å². The van der Waals surface area contributed by atoms with E-state index in [9.17, 15) is 31.1 Å². The molecule has 0 atom stereocenters. The highest BCUT2D eigenvalue weighted by Gasteiger charge is 2.72. The van der Waals surface area contributed by atoms with Crippen molar-refractivity contribution < 1.29 is 31.1 Å². The number of alkyl halides is 6. The van der Waals surface area contributed by atoms with E-state index in [1.54, 1.807) is 6.07 Å². The Hall–Kier alpha value is -3.69. The Bertz CT molecular complexity index is 1090. The SMILES string of the molecule is Nc1ccc(C(c2ccc(NC(=O)c3cccc(N)c3)cc2)(C(F)(F)F)C(F)(F)F)cc1. The summed E-state index contributed by atoms with van der Waals surface area (Å²) in [5.41, 5.74) is 5.20. The molecular weight excluding hydrogens is 436 g/mol. The van der Waals surface area contributed by atoms with Crippen LogP contribution in [0.4, 0.5) is 43.4 Å². The molecular formula is C22H17F6N3O. The van der Waals surface area contributed by atoms with Crippen molar-refractivity contribution in [2.45, 2.75) is 17.8 Å². The van der Waals surface area contributed by atoms with Crippen LogP contribution in [0.1, 0.15) is 21.5 Å². The maximum Gasteiger partial charge on any atom is 0.411 e. The Morgan fingerprint density at radius 3 is 1.66 bits per heavy atom. The van der Waals surface area contributed by atoms with Gasteiger partial charge in [0.1, 0.15) is 0 Å². The minimum Gasteiger partial charge on any atom is -0.399 e. The maximum absolute atomic E-state index is 14.1. The molecule has 0 aliphatic carbocycles. The van der Waals surface area contributed by atoms with Crippen LogP contribution in [0.15, 0.2) is 72.8 Å². The Balaban J connectivity index is 2.05. The third kappa shape index (κ3) is 4.08. The van der Waals surface area contributed by atoms with E-state index < -0.39 is 34.8 Å². The molecule has 32 heavy (non-hydrogen) atoms. The molecule has 0 fully saturated rings. The average Bonchev–Trinajstić information content (AvgIpc) is 2.69. The second-order valence-electron chi connectivity index (χ2n) is 7.02. The van der Waals surface area contributed by atoms with Crippen LogP contribution in [0.2, 0.25) is 0 Å². The molecule has 168 valence electrons. The molecule has 3 aromatic carbocycles. The number of benzene rings is 3. The predicted molar refractivity (Wildman–Crippen MR) is 109 cm³/mol. The first kappa shape index (κ1) is 23.0.